The van der Waals surface area contributed by atoms with Crippen LogP contribution in [0.15, 0.2) is 57.6 Å². The van der Waals surface area contributed by atoms with E-state index in [4.69, 9.17) is 4.42 Å². The maximum atomic E-state index is 5.38. The number of hydrogen-bond donors (Lipinski definition) is 1. The molecule has 0 radical (unpaired) electrons. The number of aromatic nitrogens is 4. The summed E-state index contributed by atoms with van der Waals surface area (Å²) in [5.41, 5.74) is 3.36. The van der Waals surface area contributed by atoms with Gasteiger partial charge in [0, 0.05) is 16.7 Å². The van der Waals surface area contributed by atoms with Gasteiger partial charge in [0.15, 0.2) is 16.6 Å². The first kappa shape index (κ1) is 16.1. The van der Waals surface area contributed by atoms with Crippen molar-refractivity contribution < 1.29 is 4.42 Å². The second-order valence-corrected chi connectivity index (χ2v) is 7.23. The van der Waals surface area contributed by atoms with E-state index in [1.165, 1.54) is 5.56 Å². The summed E-state index contributed by atoms with van der Waals surface area (Å²) in [5, 5.41) is 11.0. The zero-order valence-electron chi connectivity index (χ0n) is 13.6. The molecule has 0 saturated heterocycles. The van der Waals surface area contributed by atoms with Gasteiger partial charge in [-0.1, -0.05) is 43.0 Å². The van der Waals surface area contributed by atoms with Gasteiger partial charge in [-0.25, -0.2) is 9.97 Å². The summed E-state index contributed by atoms with van der Waals surface area (Å²) in [6, 6.07) is 12.2. The Bertz CT molecular complexity index is 942. The summed E-state index contributed by atoms with van der Waals surface area (Å²) in [6.45, 7) is 2.15. The van der Waals surface area contributed by atoms with Gasteiger partial charge in [0.25, 0.3) is 0 Å². The predicted octanol–water partition coefficient (Wildman–Crippen LogP) is 5.04. The van der Waals surface area contributed by atoms with Gasteiger partial charge in [-0.2, -0.15) is 0 Å². The van der Waals surface area contributed by atoms with Crippen LogP contribution in [-0.4, -0.2) is 20.2 Å². The van der Waals surface area contributed by atoms with Gasteiger partial charge >= 0.3 is 0 Å². The third-order valence-electron chi connectivity index (χ3n) is 3.73. The Morgan fingerprint density at radius 2 is 2.04 bits per heavy atom. The summed E-state index contributed by atoms with van der Waals surface area (Å²) >= 11 is 3.15. The molecule has 1 N–H and O–H groups in total. The number of H-pyrrole nitrogens is 1. The van der Waals surface area contributed by atoms with Gasteiger partial charge in [0.1, 0.15) is 0 Å². The lowest BCUT2D eigenvalue weighted by Crippen LogP contribution is -1.84. The molecule has 1 aromatic carbocycles. The molecular formula is C18H16N4OS2. The quantitative estimate of drug-likeness (QED) is 0.483. The van der Waals surface area contributed by atoms with Gasteiger partial charge in [0.2, 0.25) is 5.16 Å². The van der Waals surface area contributed by atoms with E-state index in [0.29, 0.717) is 0 Å². The predicted molar refractivity (Wildman–Crippen MR) is 101 cm³/mol. The second-order valence-electron chi connectivity index (χ2n) is 5.43. The highest BCUT2D eigenvalue weighted by molar-refractivity contribution is 7.98. The molecule has 7 heteroatoms. The van der Waals surface area contributed by atoms with Crippen LogP contribution >= 0.6 is 23.1 Å². The van der Waals surface area contributed by atoms with E-state index >= 15 is 0 Å². The summed E-state index contributed by atoms with van der Waals surface area (Å²) in [6.07, 6.45) is 2.69. The van der Waals surface area contributed by atoms with Crippen LogP contribution in [0.2, 0.25) is 0 Å². The topological polar surface area (TPSA) is 67.6 Å². The molecule has 0 unspecified atom stereocenters. The normalized spacial score (nSPS) is 11.1. The van der Waals surface area contributed by atoms with Crippen molar-refractivity contribution in [3.8, 4) is 22.2 Å². The van der Waals surface area contributed by atoms with Crippen LogP contribution in [0.3, 0.4) is 0 Å². The van der Waals surface area contributed by atoms with Crippen LogP contribution in [0, 0.1) is 0 Å². The molecule has 0 bridgehead atoms. The lowest BCUT2D eigenvalue weighted by atomic mass is 10.1. The first-order valence-electron chi connectivity index (χ1n) is 7.94. The average Bonchev–Trinajstić information content (AvgIpc) is 3.41. The van der Waals surface area contributed by atoms with Crippen molar-refractivity contribution in [1.29, 1.82) is 0 Å². The van der Waals surface area contributed by atoms with Gasteiger partial charge in [-0.3, -0.25) is 5.10 Å². The summed E-state index contributed by atoms with van der Waals surface area (Å²) in [5.74, 6) is 2.32. The lowest BCUT2D eigenvalue weighted by molar-refractivity contribution is 0.581. The van der Waals surface area contributed by atoms with Crippen molar-refractivity contribution in [2.45, 2.75) is 24.3 Å². The first-order valence-corrected chi connectivity index (χ1v) is 9.81. The molecule has 3 aromatic heterocycles. The van der Waals surface area contributed by atoms with E-state index in [1.54, 1.807) is 29.4 Å². The fourth-order valence-corrected chi connectivity index (χ4v) is 3.95. The monoisotopic (exact) mass is 368 g/mol. The van der Waals surface area contributed by atoms with Crippen LogP contribution in [0.25, 0.3) is 22.2 Å². The molecule has 4 rings (SSSR count). The molecular weight excluding hydrogens is 352 g/mol. The third-order valence-corrected chi connectivity index (χ3v) is 5.52. The van der Waals surface area contributed by atoms with E-state index < -0.39 is 0 Å². The molecule has 25 heavy (non-hydrogen) atoms. The summed E-state index contributed by atoms with van der Waals surface area (Å²) in [4.78, 5) is 9.15. The SMILES string of the molecule is CCc1ccc(-c2nc(SCc3csc(-c4ccco4)n3)n[nH]2)cc1. The Labute approximate surface area is 153 Å². The third kappa shape index (κ3) is 3.67. The number of furan rings is 1. The highest BCUT2D eigenvalue weighted by atomic mass is 32.2. The number of thioether (sulfide) groups is 1. The lowest BCUT2D eigenvalue weighted by Gasteiger charge is -1.98. The van der Waals surface area contributed by atoms with Crippen molar-refractivity contribution in [2.75, 3.05) is 0 Å². The van der Waals surface area contributed by atoms with Gasteiger partial charge in [0.05, 0.1) is 12.0 Å². The molecule has 5 nitrogen and oxygen atoms in total. The number of aromatic amines is 1. The van der Waals surface area contributed by atoms with Gasteiger partial charge in [-0.05, 0) is 24.1 Å². The average molecular weight is 368 g/mol. The van der Waals surface area contributed by atoms with Crippen LogP contribution in [0.1, 0.15) is 18.2 Å². The molecule has 0 amide bonds. The Morgan fingerprint density at radius 1 is 1.16 bits per heavy atom. The molecule has 0 aliphatic carbocycles. The Balaban J connectivity index is 1.41. The van der Waals surface area contributed by atoms with Crippen LogP contribution in [0.4, 0.5) is 0 Å². The van der Waals surface area contributed by atoms with Crippen molar-refractivity contribution in [1.82, 2.24) is 20.2 Å². The largest absolute Gasteiger partial charge is 0.462 e. The van der Waals surface area contributed by atoms with Crippen molar-refractivity contribution in [3.05, 3.63) is 59.3 Å². The Kier molecular flexibility index (Phi) is 4.67. The van der Waals surface area contributed by atoms with E-state index in [1.807, 2.05) is 17.5 Å². The molecule has 4 aromatic rings. The molecule has 3 heterocycles. The molecule has 0 saturated carbocycles. The smallest absolute Gasteiger partial charge is 0.209 e. The van der Waals surface area contributed by atoms with E-state index in [0.717, 1.165) is 45.2 Å². The number of hydrogen-bond acceptors (Lipinski definition) is 6. The number of thiazole rings is 1. The van der Waals surface area contributed by atoms with Crippen LogP contribution in [-0.2, 0) is 12.2 Å². The van der Waals surface area contributed by atoms with E-state index in [9.17, 15) is 0 Å². The van der Waals surface area contributed by atoms with Crippen molar-refractivity contribution in [3.63, 3.8) is 0 Å². The fourth-order valence-electron chi connectivity index (χ4n) is 2.36. The minimum absolute atomic E-state index is 0.724. The molecule has 0 fully saturated rings. The zero-order valence-corrected chi connectivity index (χ0v) is 15.2. The summed E-state index contributed by atoms with van der Waals surface area (Å²) in [7, 11) is 0. The number of aryl methyl sites for hydroxylation is 1. The van der Waals surface area contributed by atoms with Gasteiger partial charge < -0.3 is 4.42 Å². The number of rotatable bonds is 6. The maximum absolute atomic E-state index is 5.38. The van der Waals surface area contributed by atoms with E-state index in [2.05, 4.69) is 51.4 Å². The molecule has 126 valence electrons. The van der Waals surface area contributed by atoms with E-state index in [-0.39, 0.29) is 0 Å². The molecule has 0 spiro atoms. The zero-order chi connectivity index (χ0) is 17.1. The molecule has 0 aliphatic rings. The number of nitrogens with zero attached hydrogens (tertiary/aromatic N) is 3. The summed E-state index contributed by atoms with van der Waals surface area (Å²) < 4.78 is 5.38. The van der Waals surface area contributed by atoms with Crippen LogP contribution in [0.5, 0.6) is 0 Å². The first-order chi connectivity index (χ1) is 12.3. The Morgan fingerprint density at radius 3 is 2.80 bits per heavy atom. The van der Waals surface area contributed by atoms with Crippen LogP contribution < -0.4 is 0 Å². The van der Waals surface area contributed by atoms with Gasteiger partial charge in [-0.15, -0.1) is 16.4 Å². The van der Waals surface area contributed by atoms with Crippen molar-refractivity contribution in [2.24, 2.45) is 0 Å². The molecule has 0 aliphatic heterocycles. The minimum atomic E-state index is 0.724. The standard InChI is InChI=1S/C18H16N4OS2/c1-2-12-5-7-13(8-6-12)16-20-18(22-21-16)25-11-14-10-24-17(19-14)15-4-3-9-23-15/h3-10H,2,11H2,1H3,(H,20,21,22). The maximum Gasteiger partial charge on any atom is 0.209 e. The number of benzene rings is 1. The second kappa shape index (κ2) is 7.25. The fraction of sp³-hybridized carbons (Fsp3) is 0.167. The highest BCUT2D eigenvalue weighted by Crippen LogP contribution is 2.27. The number of nitrogens with one attached hydrogen (secondary N) is 1. The highest BCUT2D eigenvalue weighted by Gasteiger charge is 2.10. The minimum Gasteiger partial charge on any atom is -0.462 e. The Hall–Kier alpha value is -2.38. The molecule has 0 atom stereocenters. The van der Waals surface area contributed by atoms with Crippen molar-refractivity contribution >= 4 is 23.1 Å².